The second-order valence-electron chi connectivity index (χ2n) is 9.92. The molecule has 1 aliphatic rings. The normalized spacial score (nSPS) is 14.0. The summed E-state index contributed by atoms with van der Waals surface area (Å²) >= 11 is 6.16. The fraction of sp³-hybridized carbons (Fsp3) is 0.296. The van der Waals surface area contributed by atoms with Crippen LogP contribution >= 0.6 is 11.6 Å². The van der Waals surface area contributed by atoms with Crippen LogP contribution in [-0.2, 0) is 4.74 Å². The van der Waals surface area contributed by atoms with Gasteiger partial charge in [0.25, 0.3) is 5.56 Å². The molecule has 5 rings (SSSR count). The minimum Gasteiger partial charge on any atom is -0.444 e. The summed E-state index contributed by atoms with van der Waals surface area (Å²) in [5.41, 5.74) is 2.11. The van der Waals surface area contributed by atoms with E-state index < -0.39 is 5.60 Å². The van der Waals surface area contributed by atoms with Crippen LogP contribution < -0.4 is 15.8 Å². The molecule has 0 bridgehead atoms. The number of pyridine rings is 2. The maximum Gasteiger partial charge on any atom is 0.410 e. The van der Waals surface area contributed by atoms with E-state index in [2.05, 4.69) is 25.2 Å². The van der Waals surface area contributed by atoms with E-state index in [0.717, 1.165) is 24.5 Å². The number of carbonyl (C=O) groups is 1. The molecule has 0 aliphatic carbocycles. The Kier molecular flexibility index (Phi) is 6.90. The van der Waals surface area contributed by atoms with Crippen LogP contribution in [0.4, 0.5) is 22.1 Å². The number of nitrogens with one attached hydrogen (secondary N) is 1. The SMILES string of the molecule is CC(C)(C)OC(=O)N1CCN(c2ccc(Nc3ncc4c(=O)n(-c5cccnc5Cl)ccc4n3)cc2)CC1. The zero-order valence-electron chi connectivity index (χ0n) is 21.4. The van der Waals surface area contributed by atoms with Gasteiger partial charge in [-0.2, -0.15) is 0 Å². The highest BCUT2D eigenvalue weighted by Gasteiger charge is 2.26. The van der Waals surface area contributed by atoms with E-state index in [0.29, 0.717) is 35.6 Å². The maximum absolute atomic E-state index is 13.0. The Morgan fingerprint density at radius 2 is 1.76 bits per heavy atom. The van der Waals surface area contributed by atoms with Crippen molar-refractivity contribution in [2.75, 3.05) is 36.4 Å². The summed E-state index contributed by atoms with van der Waals surface area (Å²) in [6.07, 6.45) is 4.43. The summed E-state index contributed by atoms with van der Waals surface area (Å²) in [5.74, 6) is 0.382. The zero-order valence-corrected chi connectivity index (χ0v) is 22.1. The number of piperazine rings is 1. The number of benzene rings is 1. The minimum atomic E-state index is -0.501. The van der Waals surface area contributed by atoms with Crippen LogP contribution in [0, 0.1) is 0 Å². The molecule has 38 heavy (non-hydrogen) atoms. The summed E-state index contributed by atoms with van der Waals surface area (Å²) in [6, 6.07) is 13.1. The molecule has 11 heteroatoms. The van der Waals surface area contributed by atoms with Crippen molar-refractivity contribution in [1.82, 2.24) is 24.4 Å². The number of aromatic nitrogens is 4. The van der Waals surface area contributed by atoms with E-state index in [-0.39, 0.29) is 16.8 Å². The van der Waals surface area contributed by atoms with Crippen molar-refractivity contribution >= 4 is 45.9 Å². The third-order valence-corrected chi connectivity index (χ3v) is 6.36. The summed E-state index contributed by atoms with van der Waals surface area (Å²) in [4.78, 5) is 42.2. The summed E-state index contributed by atoms with van der Waals surface area (Å²) in [7, 11) is 0. The van der Waals surface area contributed by atoms with E-state index in [4.69, 9.17) is 16.3 Å². The molecule has 1 fully saturated rings. The van der Waals surface area contributed by atoms with Crippen LogP contribution in [-0.4, -0.2) is 62.3 Å². The first kappa shape index (κ1) is 25.5. The van der Waals surface area contributed by atoms with Crippen LogP contribution in [0.2, 0.25) is 5.15 Å². The second-order valence-corrected chi connectivity index (χ2v) is 10.3. The lowest BCUT2D eigenvalue weighted by atomic mass is 10.2. The van der Waals surface area contributed by atoms with Gasteiger partial charge in [-0.3, -0.25) is 9.36 Å². The quantitative estimate of drug-likeness (QED) is 0.378. The first-order valence-corrected chi connectivity index (χ1v) is 12.6. The van der Waals surface area contributed by atoms with Gasteiger partial charge in [-0.1, -0.05) is 11.6 Å². The summed E-state index contributed by atoms with van der Waals surface area (Å²) < 4.78 is 6.91. The number of halogens is 1. The maximum atomic E-state index is 13.0. The Hall–Kier alpha value is -4.18. The fourth-order valence-corrected chi connectivity index (χ4v) is 4.41. The van der Waals surface area contributed by atoms with Crippen molar-refractivity contribution < 1.29 is 9.53 Å². The van der Waals surface area contributed by atoms with Crippen molar-refractivity contribution in [3.05, 3.63) is 76.6 Å². The average Bonchev–Trinajstić information content (AvgIpc) is 2.89. The van der Waals surface area contributed by atoms with Gasteiger partial charge < -0.3 is 19.9 Å². The van der Waals surface area contributed by atoms with Crippen molar-refractivity contribution in [3.8, 4) is 5.69 Å². The highest BCUT2D eigenvalue weighted by molar-refractivity contribution is 6.31. The molecule has 0 spiro atoms. The molecule has 1 aromatic carbocycles. The Labute approximate surface area is 224 Å². The smallest absolute Gasteiger partial charge is 0.410 e. The number of carbonyl (C=O) groups excluding carboxylic acids is 1. The predicted molar refractivity (Wildman–Crippen MR) is 148 cm³/mol. The lowest BCUT2D eigenvalue weighted by molar-refractivity contribution is 0.0240. The number of nitrogens with zero attached hydrogens (tertiary/aromatic N) is 6. The van der Waals surface area contributed by atoms with Gasteiger partial charge in [-0.25, -0.2) is 19.7 Å². The second kappa shape index (κ2) is 10.3. The van der Waals surface area contributed by atoms with E-state index in [1.54, 1.807) is 35.5 Å². The third-order valence-electron chi connectivity index (χ3n) is 6.07. The number of rotatable bonds is 4. The van der Waals surface area contributed by atoms with Crippen molar-refractivity contribution in [3.63, 3.8) is 0 Å². The Bertz CT molecular complexity index is 1520. The molecular weight excluding hydrogens is 506 g/mol. The zero-order chi connectivity index (χ0) is 26.9. The largest absolute Gasteiger partial charge is 0.444 e. The molecule has 4 aromatic rings. The Balaban J connectivity index is 1.25. The number of amides is 1. The third kappa shape index (κ3) is 5.55. The summed E-state index contributed by atoms with van der Waals surface area (Å²) in [5, 5.41) is 3.81. The molecule has 10 nitrogen and oxygen atoms in total. The first-order chi connectivity index (χ1) is 18.2. The molecule has 0 unspecified atom stereocenters. The van der Waals surface area contributed by atoms with Gasteiger partial charge in [0, 0.05) is 56.1 Å². The Morgan fingerprint density at radius 1 is 1.03 bits per heavy atom. The van der Waals surface area contributed by atoms with Crippen molar-refractivity contribution in [1.29, 1.82) is 0 Å². The van der Waals surface area contributed by atoms with Crippen molar-refractivity contribution in [2.24, 2.45) is 0 Å². The predicted octanol–water partition coefficient (Wildman–Crippen LogP) is 4.63. The van der Waals surface area contributed by atoms with E-state index in [1.165, 1.54) is 10.8 Å². The van der Waals surface area contributed by atoms with Gasteiger partial charge >= 0.3 is 6.09 Å². The van der Waals surface area contributed by atoms with Crippen molar-refractivity contribution in [2.45, 2.75) is 26.4 Å². The molecule has 1 N–H and O–H groups in total. The van der Waals surface area contributed by atoms with Crippen LogP contribution in [0.3, 0.4) is 0 Å². The average molecular weight is 534 g/mol. The topological polar surface area (TPSA) is 105 Å². The standard InChI is InChI=1S/C27H28ClN7O3/c1-27(2,3)38-26(37)34-15-13-33(14-16-34)19-8-6-18(7-9-19)31-25-30-17-20-21(32-25)10-12-35(24(20)36)22-5-4-11-29-23(22)28/h4-12,17H,13-16H2,1-3H3,(H,30,31,32). The number of ether oxygens (including phenoxy) is 1. The molecule has 0 saturated carbocycles. The number of hydrogen-bond donors (Lipinski definition) is 1. The minimum absolute atomic E-state index is 0.238. The molecule has 196 valence electrons. The van der Waals surface area contributed by atoms with Crippen LogP contribution in [0.15, 0.2) is 65.8 Å². The molecule has 1 aliphatic heterocycles. The van der Waals surface area contributed by atoms with Crippen LogP contribution in [0.1, 0.15) is 20.8 Å². The fourth-order valence-electron chi connectivity index (χ4n) is 4.19. The van der Waals surface area contributed by atoms with Gasteiger partial charge in [0.05, 0.1) is 16.6 Å². The molecule has 3 aromatic heterocycles. The highest BCUT2D eigenvalue weighted by Crippen LogP contribution is 2.23. The van der Waals surface area contributed by atoms with E-state index in [9.17, 15) is 9.59 Å². The van der Waals surface area contributed by atoms with Crippen LogP contribution in [0.5, 0.6) is 0 Å². The van der Waals surface area contributed by atoms with E-state index in [1.807, 2.05) is 45.0 Å². The van der Waals surface area contributed by atoms with Gasteiger partial charge in [0.15, 0.2) is 5.15 Å². The summed E-state index contributed by atoms with van der Waals surface area (Å²) in [6.45, 7) is 8.27. The number of hydrogen-bond acceptors (Lipinski definition) is 8. The van der Waals surface area contributed by atoms with Crippen LogP contribution in [0.25, 0.3) is 16.6 Å². The molecule has 1 saturated heterocycles. The van der Waals surface area contributed by atoms with E-state index >= 15 is 0 Å². The Morgan fingerprint density at radius 3 is 2.45 bits per heavy atom. The highest BCUT2D eigenvalue weighted by atomic mass is 35.5. The molecular formula is C27H28ClN7O3. The molecule has 1 amide bonds. The molecule has 4 heterocycles. The van der Waals surface area contributed by atoms with Gasteiger partial charge in [-0.15, -0.1) is 0 Å². The monoisotopic (exact) mass is 533 g/mol. The van der Waals surface area contributed by atoms with Gasteiger partial charge in [0.2, 0.25) is 5.95 Å². The lowest BCUT2D eigenvalue weighted by Gasteiger charge is -2.36. The molecule has 0 atom stereocenters. The van der Waals surface area contributed by atoms with Gasteiger partial charge in [0.1, 0.15) is 5.60 Å². The number of fused-ring (bicyclic) bond motifs is 1. The first-order valence-electron chi connectivity index (χ1n) is 12.3. The lowest BCUT2D eigenvalue weighted by Crippen LogP contribution is -2.50. The molecule has 0 radical (unpaired) electrons. The number of anilines is 3. The van der Waals surface area contributed by atoms with Gasteiger partial charge in [-0.05, 0) is 63.2 Å².